The molecule has 0 aromatic heterocycles. The van der Waals surface area contributed by atoms with Crippen LogP contribution in [0.15, 0.2) is 0 Å². The van der Waals surface area contributed by atoms with Crippen molar-refractivity contribution in [2.24, 2.45) is 5.92 Å². The van der Waals surface area contributed by atoms with E-state index in [1.165, 1.54) is 71.1 Å². The van der Waals surface area contributed by atoms with Crippen molar-refractivity contribution < 1.29 is 0 Å². The van der Waals surface area contributed by atoms with Crippen LogP contribution in [0.1, 0.15) is 51.9 Å². The SMILES string of the molecule is CC1CN(CCCC2CCCCC2)CCN1. The lowest BCUT2D eigenvalue weighted by Crippen LogP contribution is -2.49. The van der Waals surface area contributed by atoms with Crippen molar-refractivity contribution >= 4 is 0 Å². The molecule has 0 aromatic carbocycles. The fraction of sp³-hybridized carbons (Fsp3) is 1.00. The molecule has 0 spiro atoms. The van der Waals surface area contributed by atoms with Crippen molar-refractivity contribution in [3.63, 3.8) is 0 Å². The number of rotatable bonds is 4. The Labute approximate surface area is 101 Å². The minimum atomic E-state index is 0.698. The van der Waals surface area contributed by atoms with Gasteiger partial charge in [-0.1, -0.05) is 32.1 Å². The Morgan fingerprint density at radius 2 is 2.00 bits per heavy atom. The molecule has 2 fully saturated rings. The third kappa shape index (κ3) is 4.06. The van der Waals surface area contributed by atoms with E-state index in [9.17, 15) is 0 Å². The molecular weight excluding hydrogens is 196 g/mol. The zero-order valence-electron chi connectivity index (χ0n) is 10.9. The highest BCUT2D eigenvalue weighted by Crippen LogP contribution is 2.27. The maximum atomic E-state index is 3.51. The average Bonchev–Trinajstić information content (AvgIpc) is 2.30. The highest BCUT2D eigenvalue weighted by molar-refractivity contribution is 4.75. The smallest absolute Gasteiger partial charge is 0.0167 e. The van der Waals surface area contributed by atoms with Crippen molar-refractivity contribution in [1.29, 1.82) is 0 Å². The van der Waals surface area contributed by atoms with Gasteiger partial charge in [0.05, 0.1) is 0 Å². The molecule has 2 nitrogen and oxygen atoms in total. The summed E-state index contributed by atoms with van der Waals surface area (Å²) in [4.78, 5) is 2.64. The van der Waals surface area contributed by atoms with Crippen LogP contribution in [0.2, 0.25) is 0 Å². The van der Waals surface area contributed by atoms with Gasteiger partial charge in [0.2, 0.25) is 0 Å². The third-order valence-corrected chi connectivity index (χ3v) is 4.26. The first-order valence-electron chi connectivity index (χ1n) is 7.30. The highest BCUT2D eigenvalue weighted by Gasteiger charge is 2.16. The largest absolute Gasteiger partial charge is 0.312 e. The van der Waals surface area contributed by atoms with E-state index in [2.05, 4.69) is 17.1 Å². The van der Waals surface area contributed by atoms with E-state index in [-0.39, 0.29) is 0 Å². The second-order valence-electron chi connectivity index (χ2n) is 5.80. The zero-order valence-corrected chi connectivity index (χ0v) is 10.9. The van der Waals surface area contributed by atoms with E-state index in [4.69, 9.17) is 0 Å². The first kappa shape index (κ1) is 12.4. The number of hydrogen-bond donors (Lipinski definition) is 1. The Morgan fingerprint density at radius 3 is 2.75 bits per heavy atom. The normalized spacial score (nSPS) is 29.4. The van der Waals surface area contributed by atoms with Crippen LogP contribution in [-0.2, 0) is 0 Å². The summed E-state index contributed by atoms with van der Waals surface area (Å²) in [5.74, 6) is 1.06. The molecule has 0 radical (unpaired) electrons. The minimum Gasteiger partial charge on any atom is -0.312 e. The maximum absolute atomic E-state index is 3.51. The quantitative estimate of drug-likeness (QED) is 0.790. The van der Waals surface area contributed by atoms with E-state index in [1.54, 1.807) is 0 Å². The van der Waals surface area contributed by atoms with Gasteiger partial charge < -0.3 is 10.2 Å². The molecule has 1 N–H and O–H groups in total. The van der Waals surface area contributed by atoms with Crippen LogP contribution < -0.4 is 5.32 Å². The predicted octanol–water partition coefficient (Wildman–Crippen LogP) is 2.64. The van der Waals surface area contributed by atoms with Gasteiger partial charge >= 0.3 is 0 Å². The van der Waals surface area contributed by atoms with Crippen LogP contribution in [0, 0.1) is 5.92 Å². The van der Waals surface area contributed by atoms with Gasteiger partial charge in [-0.2, -0.15) is 0 Å². The van der Waals surface area contributed by atoms with Gasteiger partial charge in [0.25, 0.3) is 0 Å². The van der Waals surface area contributed by atoms with Crippen molar-refractivity contribution in [2.45, 2.75) is 57.9 Å². The minimum absolute atomic E-state index is 0.698. The molecule has 2 rings (SSSR count). The Hall–Kier alpha value is -0.0800. The topological polar surface area (TPSA) is 15.3 Å². The molecule has 0 bridgehead atoms. The van der Waals surface area contributed by atoms with E-state index in [0.717, 1.165) is 5.92 Å². The molecule has 2 heteroatoms. The van der Waals surface area contributed by atoms with E-state index < -0.39 is 0 Å². The molecule has 2 aliphatic rings. The van der Waals surface area contributed by atoms with Crippen molar-refractivity contribution in [3.8, 4) is 0 Å². The van der Waals surface area contributed by atoms with Gasteiger partial charge in [0.15, 0.2) is 0 Å². The molecule has 1 unspecified atom stereocenters. The summed E-state index contributed by atoms with van der Waals surface area (Å²) in [6, 6.07) is 0.698. The summed E-state index contributed by atoms with van der Waals surface area (Å²) >= 11 is 0. The summed E-state index contributed by atoms with van der Waals surface area (Å²) < 4.78 is 0. The lowest BCUT2D eigenvalue weighted by Gasteiger charge is -2.32. The van der Waals surface area contributed by atoms with E-state index in [1.807, 2.05) is 0 Å². The van der Waals surface area contributed by atoms with E-state index >= 15 is 0 Å². The van der Waals surface area contributed by atoms with Gasteiger partial charge in [0, 0.05) is 25.7 Å². The lowest BCUT2D eigenvalue weighted by atomic mass is 9.86. The van der Waals surface area contributed by atoms with Gasteiger partial charge in [0.1, 0.15) is 0 Å². The van der Waals surface area contributed by atoms with Gasteiger partial charge in [-0.25, -0.2) is 0 Å². The molecule has 1 saturated carbocycles. The summed E-state index contributed by atoms with van der Waals surface area (Å²) in [5.41, 5.74) is 0. The molecule has 1 aliphatic carbocycles. The number of hydrogen-bond acceptors (Lipinski definition) is 2. The Kier molecular flexibility index (Phi) is 5.11. The van der Waals surface area contributed by atoms with Crippen molar-refractivity contribution in [3.05, 3.63) is 0 Å². The fourth-order valence-electron chi connectivity index (χ4n) is 3.29. The number of piperazine rings is 1. The van der Waals surface area contributed by atoms with Crippen molar-refractivity contribution in [1.82, 2.24) is 10.2 Å². The lowest BCUT2D eigenvalue weighted by molar-refractivity contribution is 0.196. The van der Waals surface area contributed by atoms with E-state index in [0.29, 0.717) is 6.04 Å². The first-order valence-corrected chi connectivity index (χ1v) is 7.30. The fourth-order valence-corrected chi connectivity index (χ4v) is 3.29. The average molecular weight is 224 g/mol. The van der Waals surface area contributed by atoms with Crippen LogP contribution >= 0.6 is 0 Å². The number of nitrogens with one attached hydrogen (secondary N) is 1. The van der Waals surface area contributed by atoms with Gasteiger partial charge in [-0.05, 0) is 32.2 Å². The molecular formula is C14H28N2. The summed E-state index contributed by atoms with van der Waals surface area (Å²) in [6.45, 7) is 7.33. The zero-order chi connectivity index (χ0) is 11.2. The third-order valence-electron chi connectivity index (χ3n) is 4.26. The van der Waals surface area contributed by atoms with Crippen LogP contribution in [0.5, 0.6) is 0 Å². The monoisotopic (exact) mass is 224 g/mol. The molecule has 1 heterocycles. The Bertz CT molecular complexity index is 187. The molecule has 1 aliphatic heterocycles. The number of nitrogens with zero attached hydrogens (tertiary/aromatic N) is 1. The van der Waals surface area contributed by atoms with Gasteiger partial charge in [-0.15, -0.1) is 0 Å². The van der Waals surface area contributed by atoms with Crippen LogP contribution in [0.25, 0.3) is 0 Å². The molecule has 1 atom stereocenters. The summed E-state index contributed by atoms with van der Waals surface area (Å²) in [5, 5.41) is 3.51. The molecule has 1 saturated heterocycles. The molecule has 16 heavy (non-hydrogen) atoms. The first-order chi connectivity index (χ1) is 7.84. The second kappa shape index (κ2) is 6.61. The van der Waals surface area contributed by atoms with Crippen molar-refractivity contribution in [2.75, 3.05) is 26.2 Å². The van der Waals surface area contributed by atoms with Crippen LogP contribution in [-0.4, -0.2) is 37.1 Å². The Balaban J connectivity index is 1.56. The van der Waals surface area contributed by atoms with Crippen LogP contribution in [0.3, 0.4) is 0 Å². The standard InChI is InChI=1S/C14H28N2/c1-13-12-16(11-9-15-13)10-5-8-14-6-3-2-4-7-14/h13-15H,2-12H2,1H3. The maximum Gasteiger partial charge on any atom is 0.0167 e. The summed E-state index contributed by atoms with van der Waals surface area (Å²) in [6.07, 6.45) is 10.4. The molecule has 0 aromatic rings. The second-order valence-corrected chi connectivity index (χ2v) is 5.80. The predicted molar refractivity (Wildman–Crippen MR) is 69.7 cm³/mol. The van der Waals surface area contributed by atoms with Gasteiger partial charge in [-0.3, -0.25) is 0 Å². The molecule has 0 amide bonds. The molecule has 94 valence electrons. The van der Waals surface area contributed by atoms with Crippen LogP contribution in [0.4, 0.5) is 0 Å². The summed E-state index contributed by atoms with van der Waals surface area (Å²) in [7, 11) is 0. The Morgan fingerprint density at radius 1 is 1.19 bits per heavy atom. The highest BCUT2D eigenvalue weighted by atomic mass is 15.2.